The first-order valence-electron chi connectivity index (χ1n) is 4.88. The van der Waals surface area contributed by atoms with E-state index in [1.54, 1.807) is 25.1 Å². The second-order valence-electron chi connectivity index (χ2n) is 3.61. The summed E-state index contributed by atoms with van der Waals surface area (Å²) < 4.78 is 26.2. The van der Waals surface area contributed by atoms with E-state index in [2.05, 4.69) is 14.9 Å². The Bertz CT molecular complexity index is 633. The Morgan fingerprint density at radius 2 is 2.12 bits per heavy atom. The normalized spacial score (nSPS) is 11.4. The quantitative estimate of drug-likeness (QED) is 0.712. The number of aryl methyl sites for hydroxylation is 1. The predicted molar refractivity (Wildman–Crippen MR) is 65.0 cm³/mol. The number of nitrogens with zero attached hydrogens (tertiary/aromatic N) is 1. The number of aromatic amines is 1. The molecular formula is C10H12N4O2S. The van der Waals surface area contributed by atoms with Crippen molar-refractivity contribution in [3.63, 3.8) is 0 Å². The Kier molecular flexibility index (Phi) is 2.76. The fourth-order valence-electron chi connectivity index (χ4n) is 1.35. The van der Waals surface area contributed by atoms with E-state index in [0.717, 1.165) is 5.69 Å². The molecule has 1 heterocycles. The molecule has 0 saturated carbocycles. The molecule has 17 heavy (non-hydrogen) atoms. The van der Waals surface area contributed by atoms with Crippen molar-refractivity contribution in [2.75, 3.05) is 10.5 Å². The van der Waals surface area contributed by atoms with E-state index in [0.29, 0.717) is 5.69 Å². The lowest BCUT2D eigenvalue weighted by Gasteiger charge is -2.05. The lowest BCUT2D eigenvalue weighted by atomic mass is 10.3. The zero-order chi connectivity index (χ0) is 12.5. The summed E-state index contributed by atoms with van der Waals surface area (Å²) in [7, 11) is -3.63. The van der Waals surface area contributed by atoms with Crippen LogP contribution in [0.15, 0.2) is 35.2 Å². The number of rotatable bonds is 3. The van der Waals surface area contributed by atoms with Crippen LogP contribution in [-0.2, 0) is 10.0 Å². The molecule has 2 rings (SSSR count). The van der Waals surface area contributed by atoms with Crippen LogP contribution in [0.5, 0.6) is 0 Å². The maximum Gasteiger partial charge on any atom is 0.263 e. The lowest BCUT2D eigenvalue weighted by Crippen LogP contribution is -2.13. The third-order valence-corrected chi connectivity index (χ3v) is 3.47. The zero-order valence-corrected chi connectivity index (χ0v) is 9.95. The number of hydrogen-bond donors (Lipinski definition) is 3. The number of nitrogens with one attached hydrogen (secondary N) is 2. The molecule has 2 aromatic rings. The molecule has 0 radical (unpaired) electrons. The van der Waals surface area contributed by atoms with Crippen LogP contribution in [0.25, 0.3) is 0 Å². The monoisotopic (exact) mass is 252 g/mol. The average molecular weight is 252 g/mol. The van der Waals surface area contributed by atoms with Crippen LogP contribution >= 0.6 is 0 Å². The number of sulfonamides is 1. The molecule has 0 unspecified atom stereocenters. The van der Waals surface area contributed by atoms with Gasteiger partial charge in [-0.3, -0.25) is 9.82 Å². The van der Waals surface area contributed by atoms with Crippen molar-refractivity contribution in [3.05, 3.63) is 36.0 Å². The van der Waals surface area contributed by atoms with E-state index in [1.165, 1.54) is 12.1 Å². The largest absolute Gasteiger partial charge is 0.399 e. The van der Waals surface area contributed by atoms with Gasteiger partial charge in [0.1, 0.15) is 0 Å². The summed E-state index contributed by atoms with van der Waals surface area (Å²) in [6, 6.07) is 7.67. The summed E-state index contributed by atoms with van der Waals surface area (Å²) >= 11 is 0. The van der Waals surface area contributed by atoms with Crippen molar-refractivity contribution < 1.29 is 8.42 Å². The van der Waals surface area contributed by atoms with Crippen LogP contribution in [0.3, 0.4) is 0 Å². The van der Waals surface area contributed by atoms with E-state index in [4.69, 9.17) is 5.73 Å². The summed E-state index contributed by atoms with van der Waals surface area (Å²) in [6.07, 6.45) is 0. The molecular weight excluding hydrogens is 240 g/mol. The number of anilines is 2. The smallest absolute Gasteiger partial charge is 0.263 e. The van der Waals surface area contributed by atoms with Crippen molar-refractivity contribution in [2.45, 2.75) is 11.8 Å². The van der Waals surface area contributed by atoms with Crippen molar-refractivity contribution in [2.24, 2.45) is 0 Å². The minimum absolute atomic E-state index is 0.109. The van der Waals surface area contributed by atoms with Gasteiger partial charge in [-0.15, -0.1) is 0 Å². The van der Waals surface area contributed by atoms with Gasteiger partial charge in [-0.25, -0.2) is 8.42 Å². The van der Waals surface area contributed by atoms with E-state index in [9.17, 15) is 8.42 Å². The number of H-pyrrole nitrogens is 1. The molecule has 90 valence electrons. The summed E-state index contributed by atoms with van der Waals surface area (Å²) in [5.74, 6) is 0.255. The first-order valence-corrected chi connectivity index (χ1v) is 6.36. The Balaban J connectivity index is 2.31. The van der Waals surface area contributed by atoms with Gasteiger partial charge in [0.15, 0.2) is 5.82 Å². The minimum atomic E-state index is -3.63. The van der Waals surface area contributed by atoms with Gasteiger partial charge in [-0.2, -0.15) is 5.10 Å². The number of nitrogens with two attached hydrogens (primary N) is 1. The molecule has 7 heteroatoms. The third kappa shape index (κ3) is 2.56. The highest BCUT2D eigenvalue weighted by Gasteiger charge is 2.15. The highest BCUT2D eigenvalue weighted by atomic mass is 32.2. The predicted octanol–water partition coefficient (Wildman–Crippen LogP) is 1.10. The average Bonchev–Trinajstić information content (AvgIpc) is 2.63. The molecule has 1 aromatic heterocycles. The van der Waals surface area contributed by atoms with Gasteiger partial charge in [0.25, 0.3) is 10.0 Å². The zero-order valence-electron chi connectivity index (χ0n) is 9.14. The summed E-state index contributed by atoms with van der Waals surface area (Å²) in [5.41, 5.74) is 6.71. The lowest BCUT2D eigenvalue weighted by molar-refractivity contribution is 0.601. The second-order valence-corrected chi connectivity index (χ2v) is 5.30. The second kappa shape index (κ2) is 4.10. The van der Waals surface area contributed by atoms with Gasteiger partial charge in [0.05, 0.1) is 4.90 Å². The molecule has 0 amide bonds. The Labute approximate surface area is 98.9 Å². The van der Waals surface area contributed by atoms with Crippen molar-refractivity contribution >= 4 is 21.5 Å². The minimum Gasteiger partial charge on any atom is -0.399 e. The van der Waals surface area contributed by atoms with Gasteiger partial charge in [0.2, 0.25) is 0 Å². The molecule has 0 atom stereocenters. The van der Waals surface area contributed by atoms with Gasteiger partial charge >= 0.3 is 0 Å². The Morgan fingerprint density at radius 1 is 1.35 bits per heavy atom. The first-order chi connectivity index (χ1) is 7.97. The van der Waals surface area contributed by atoms with E-state index in [1.807, 2.05) is 0 Å². The Morgan fingerprint density at radius 3 is 2.71 bits per heavy atom. The van der Waals surface area contributed by atoms with Crippen molar-refractivity contribution in [3.8, 4) is 0 Å². The molecule has 1 aromatic carbocycles. The third-order valence-electron chi connectivity index (χ3n) is 2.11. The molecule has 0 bridgehead atoms. The maximum absolute atomic E-state index is 11.9. The molecule has 0 fully saturated rings. The SMILES string of the molecule is Cc1cc(NS(=O)(=O)c2cccc(N)c2)n[nH]1. The van der Waals surface area contributed by atoms with E-state index in [-0.39, 0.29) is 10.7 Å². The van der Waals surface area contributed by atoms with Crippen LogP contribution in [-0.4, -0.2) is 18.6 Å². The van der Waals surface area contributed by atoms with E-state index < -0.39 is 10.0 Å². The fraction of sp³-hybridized carbons (Fsp3) is 0.100. The first kappa shape index (κ1) is 11.5. The Hall–Kier alpha value is -2.02. The number of benzene rings is 1. The fourth-order valence-corrected chi connectivity index (χ4v) is 2.40. The molecule has 0 aliphatic carbocycles. The van der Waals surface area contributed by atoms with Crippen molar-refractivity contribution in [1.29, 1.82) is 0 Å². The summed E-state index contributed by atoms with van der Waals surface area (Å²) in [6.45, 7) is 1.78. The van der Waals surface area contributed by atoms with Crippen LogP contribution < -0.4 is 10.5 Å². The summed E-state index contributed by atoms with van der Waals surface area (Å²) in [4.78, 5) is 0.109. The molecule has 0 aliphatic heterocycles. The summed E-state index contributed by atoms with van der Waals surface area (Å²) in [5, 5.41) is 6.45. The molecule has 6 nitrogen and oxygen atoms in total. The number of nitrogen functional groups attached to an aromatic ring is 1. The van der Waals surface area contributed by atoms with Gasteiger partial charge in [-0.05, 0) is 25.1 Å². The maximum atomic E-state index is 11.9. The molecule has 4 N–H and O–H groups in total. The molecule has 0 aliphatic rings. The van der Waals surface area contributed by atoms with Crippen LogP contribution in [0.2, 0.25) is 0 Å². The topological polar surface area (TPSA) is 101 Å². The van der Waals surface area contributed by atoms with Gasteiger partial charge < -0.3 is 5.73 Å². The molecule has 0 saturated heterocycles. The van der Waals surface area contributed by atoms with Crippen LogP contribution in [0.1, 0.15) is 5.69 Å². The van der Waals surface area contributed by atoms with Crippen molar-refractivity contribution in [1.82, 2.24) is 10.2 Å². The highest BCUT2D eigenvalue weighted by molar-refractivity contribution is 7.92. The molecule has 0 spiro atoms. The highest BCUT2D eigenvalue weighted by Crippen LogP contribution is 2.16. The van der Waals surface area contributed by atoms with E-state index >= 15 is 0 Å². The van der Waals surface area contributed by atoms with Gasteiger partial charge in [-0.1, -0.05) is 6.07 Å². The standard InChI is InChI=1S/C10H12N4O2S/c1-7-5-10(13-12-7)14-17(15,16)9-4-2-3-8(11)6-9/h2-6H,11H2,1H3,(H2,12,13,14). The van der Waals surface area contributed by atoms with Gasteiger partial charge in [0, 0.05) is 17.4 Å². The van der Waals surface area contributed by atoms with Crippen LogP contribution in [0.4, 0.5) is 11.5 Å². The van der Waals surface area contributed by atoms with Crippen LogP contribution in [0, 0.1) is 6.92 Å². The number of aromatic nitrogens is 2. The number of hydrogen-bond acceptors (Lipinski definition) is 4.